The van der Waals surface area contributed by atoms with E-state index < -0.39 is 12.1 Å². The number of likely N-dealkylation sites (tertiary alicyclic amines) is 1. The molecule has 24 heavy (non-hydrogen) atoms. The Balaban J connectivity index is 1.53. The summed E-state index contributed by atoms with van der Waals surface area (Å²) >= 11 is 0. The van der Waals surface area contributed by atoms with E-state index in [0.29, 0.717) is 31.0 Å². The Morgan fingerprint density at radius 1 is 1.12 bits per heavy atom. The van der Waals surface area contributed by atoms with Crippen LogP contribution in [-0.2, 0) is 9.53 Å². The van der Waals surface area contributed by atoms with Crippen molar-refractivity contribution in [1.29, 1.82) is 0 Å². The zero-order chi connectivity index (χ0) is 17.1. The monoisotopic (exact) mass is 333 g/mol. The van der Waals surface area contributed by atoms with Gasteiger partial charge in [-0.25, -0.2) is 4.79 Å². The quantitative estimate of drug-likeness (QED) is 0.914. The number of methoxy groups -OCH3 is 1. The van der Waals surface area contributed by atoms with Gasteiger partial charge in [0.2, 0.25) is 0 Å². The van der Waals surface area contributed by atoms with Gasteiger partial charge >= 0.3 is 5.97 Å². The zero-order valence-electron chi connectivity index (χ0n) is 13.8. The Morgan fingerprint density at radius 3 is 2.33 bits per heavy atom. The molecule has 0 aromatic heterocycles. The first-order valence-corrected chi connectivity index (χ1v) is 8.40. The number of hydrogen-bond donors (Lipinski definition) is 1. The summed E-state index contributed by atoms with van der Waals surface area (Å²) in [6, 6.07) is 7.15. The van der Waals surface area contributed by atoms with Crippen molar-refractivity contribution in [1.82, 2.24) is 4.90 Å². The van der Waals surface area contributed by atoms with Gasteiger partial charge < -0.3 is 19.5 Å². The average Bonchev–Trinajstić information content (AvgIpc) is 3.12. The second-order valence-electron chi connectivity index (χ2n) is 6.44. The molecule has 2 heterocycles. The molecule has 0 saturated carbocycles. The summed E-state index contributed by atoms with van der Waals surface area (Å²) in [7, 11) is 1.60. The summed E-state index contributed by atoms with van der Waals surface area (Å²) in [6.07, 6.45) is 2.47. The van der Waals surface area contributed by atoms with Crippen LogP contribution in [0.25, 0.3) is 0 Å². The van der Waals surface area contributed by atoms with E-state index in [9.17, 15) is 9.59 Å². The second-order valence-corrected chi connectivity index (χ2v) is 6.44. The van der Waals surface area contributed by atoms with Crippen molar-refractivity contribution in [2.75, 3.05) is 20.2 Å². The number of carboxylic acid groups (broad SMARTS) is 1. The van der Waals surface area contributed by atoms with E-state index in [-0.39, 0.29) is 12.0 Å². The van der Waals surface area contributed by atoms with Crippen LogP contribution in [0.15, 0.2) is 24.3 Å². The molecule has 1 aromatic rings. The van der Waals surface area contributed by atoms with Crippen LogP contribution in [0.2, 0.25) is 0 Å². The van der Waals surface area contributed by atoms with Gasteiger partial charge in [0.1, 0.15) is 5.75 Å². The lowest BCUT2D eigenvalue weighted by atomic mass is 9.89. The summed E-state index contributed by atoms with van der Waals surface area (Å²) < 4.78 is 10.8. The van der Waals surface area contributed by atoms with Crippen molar-refractivity contribution in [3.8, 4) is 5.75 Å². The topological polar surface area (TPSA) is 76.1 Å². The molecule has 0 radical (unpaired) electrons. The molecule has 0 bridgehead atoms. The number of carbonyl (C=O) groups excluding carboxylic acids is 1. The molecule has 3 rings (SSSR count). The SMILES string of the molecule is COc1ccc(C(=O)N2CCC([C@@H]3CC[C@H](C(=O)O)O3)CC2)cc1. The molecule has 1 N–H and O–H groups in total. The van der Waals surface area contributed by atoms with Gasteiger partial charge in [-0.15, -0.1) is 0 Å². The van der Waals surface area contributed by atoms with Gasteiger partial charge in [0.05, 0.1) is 13.2 Å². The minimum Gasteiger partial charge on any atom is -0.497 e. The third-order valence-electron chi connectivity index (χ3n) is 5.02. The molecular weight excluding hydrogens is 310 g/mol. The van der Waals surface area contributed by atoms with Crippen LogP contribution in [0, 0.1) is 5.92 Å². The number of benzene rings is 1. The first-order chi connectivity index (χ1) is 11.6. The summed E-state index contributed by atoms with van der Waals surface area (Å²) in [5, 5.41) is 9.02. The van der Waals surface area contributed by atoms with E-state index in [0.717, 1.165) is 25.0 Å². The van der Waals surface area contributed by atoms with E-state index >= 15 is 0 Å². The molecule has 1 amide bonds. The number of aliphatic carboxylic acids is 1. The van der Waals surface area contributed by atoms with Crippen molar-refractivity contribution < 1.29 is 24.2 Å². The van der Waals surface area contributed by atoms with Crippen LogP contribution >= 0.6 is 0 Å². The Hall–Kier alpha value is -2.08. The summed E-state index contributed by atoms with van der Waals surface area (Å²) in [6.45, 7) is 1.38. The summed E-state index contributed by atoms with van der Waals surface area (Å²) in [4.78, 5) is 25.4. The second kappa shape index (κ2) is 7.21. The van der Waals surface area contributed by atoms with Gasteiger partial charge in [-0.05, 0) is 55.9 Å². The Kier molecular flexibility index (Phi) is 5.04. The highest BCUT2D eigenvalue weighted by Crippen LogP contribution is 2.32. The first kappa shape index (κ1) is 16.8. The summed E-state index contributed by atoms with van der Waals surface area (Å²) in [5.41, 5.74) is 0.664. The fraction of sp³-hybridized carbons (Fsp3) is 0.556. The smallest absolute Gasteiger partial charge is 0.332 e. The number of nitrogens with zero attached hydrogens (tertiary/aromatic N) is 1. The molecule has 0 spiro atoms. The fourth-order valence-electron chi connectivity index (χ4n) is 3.58. The van der Waals surface area contributed by atoms with E-state index in [4.69, 9.17) is 14.6 Å². The highest BCUT2D eigenvalue weighted by molar-refractivity contribution is 5.94. The third-order valence-corrected chi connectivity index (χ3v) is 5.02. The minimum atomic E-state index is -0.871. The van der Waals surface area contributed by atoms with Gasteiger partial charge in [0.25, 0.3) is 5.91 Å². The minimum absolute atomic E-state index is 0.0179. The summed E-state index contributed by atoms with van der Waals surface area (Å²) in [5.74, 6) is 0.238. The van der Waals surface area contributed by atoms with Crippen molar-refractivity contribution in [3.63, 3.8) is 0 Å². The maximum Gasteiger partial charge on any atom is 0.332 e. The molecule has 0 unspecified atom stereocenters. The van der Waals surface area contributed by atoms with E-state index in [2.05, 4.69) is 0 Å². The van der Waals surface area contributed by atoms with Crippen molar-refractivity contribution in [2.24, 2.45) is 5.92 Å². The van der Waals surface area contributed by atoms with E-state index in [1.807, 2.05) is 4.90 Å². The van der Waals surface area contributed by atoms with Crippen molar-refractivity contribution >= 4 is 11.9 Å². The highest BCUT2D eigenvalue weighted by atomic mass is 16.5. The first-order valence-electron chi connectivity index (χ1n) is 8.40. The molecule has 2 saturated heterocycles. The van der Waals surface area contributed by atoms with E-state index in [1.54, 1.807) is 31.4 Å². The van der Waals surface area contributed by atoms with Gasteiger partial charge in [-0.1, -0.05) is 0 Å². The molecule has 2 aliphatic rings. The third kappa shape index (κ3) is 3.53. The predicted octanol–water partition coefficient (Wildman–Crippen LogP) is 2.18. The number of hydrogen-bond acceptors (Lipinski definition) is 4. The lowest BCUT2D eigenvalue weighted by Crippen LogP contribution is -2.41. The van der Waals surface area contributed by atoms with Crippen LogP contribution in [0.1, 0.15) is 36.0 Å². The fourth-order valence-corrected chi connectivity index (χ4v) is 3.58. The molecule has 1 aromatic carbocycles. The van der Waals surface area contributed by atoms with E-state index in [1.165, 1.54) is 0 Å². The Bertz CT molecular complexity index is 592. The lowest BCUT2D eigenvalue weighted by molar-refractivity contribution is -0.150. The normalized spacial score (nSPS) is 24.8. The van der Waals surface area contributed by atoms with Crippen LogP contribution in [0.4, 0.5) is 0 Å². The number of piperidine rings is 1. The molecule has 130 valence electrons. The molecule has 6 heteroatoms. The standard InChI is InChI=1S/C18H23NO5/c1-23-14-4-2-13(3-5-14)17(20)19-10-8-12(9-11-19)15-6-7-16(24-15)18(21)22/h2-5,12,15-16H,6-11H2,1H3,(H,21,22)/t15-,16+/m0/s1. The van der Waals surface area contributed by atoms with Crippen LogP contribution < -0.4 is 4.74 Å². The molecule has 2 aliphatic heterocycles. The molecule has 0 aliphatic carbocycles. The Labute approximate surface area is 141 Å². The van der Waals surface area contributed by atoms with Crippen LogP contribution in [0.5, 0.6) is 5.75 Å². The Morgan fingerprint density at radius 2 is 1.79 bits per heavy atom. The number of carbonyl (C=O) groups is 2. The van der Waals surface area contributed by atoms with Gasteiger partial charge in [0.15, 0.2) is 6.10 Å². The molecule has 2 atom stereocenters. The maximum atomic E-state index is 12.5. The van der Waals surface area contributed by atoms with Gasteiger partial charge in [0, 0.05) is 18.7 Å². The number of rotatable bonds is 4. The maximum absolute atomic E-state index is 12.5. The molecule has 2 fully saturated rings. The number of amides is 1. The van der Waals surface area contributed by atoms with Crippen LogP contribution in [-0.4, -0.2) is 54.3 Å². The van der Waals surface area contributed by atoms with Gasteiger partial charge in [-0.2, -0.15) is 0 Å². The zero-order valence-corrected chi connectivity index (χ0v) is 13.8. The molecule has 6 nitrogen and oxygen atoms in total. The highest BCUT2D eigenvalue weighted by Gasteiger charge is 2.37. The average molecular weight is 333 g/mol. The van der Waals surface area contributed by atoms with Crippen molar-refractivity contribution in [2.45, 2.75) is 37.9 Å². The number of carboxylic acids is 1. The molecular formula is C18H23NO5. The number of ether oxygens (including phenoxy) is 2. The predicted molar refractivity (Wildman–Crippen MR) is 87.2 cm³/mol. The largest absolute Gasteiger partial charge is 0.497 e. The van der Waals surface area contributed by atoms with Crippen LogP contribution in [0.3, 0.4) is 0 Å². The lowest BCUT2D eigenvalue weighted by Gasteiger charge is -2.34. The van der Waals surface area contributed by atoms with Crippen molar-refractivity contribution in [3.05, 3.63) is 29.8 Å². The van der Waals surface area contributed by atoms with Gasteiger partial charge in [-0.3, -0.25) is 4.79 Å².